The average molecular weight is 276 g/mol. The summed E-state index contributed by atoms with van der Waals surface area (Å²) >= 11 is 0. The van der Waals surface area contributed by atoms with Gasteiger partial charge in [-0.2, -0.15) is 0 Å². The van der Waals surface area contributed by atoms with Gasteiger partial charge in [0.05, 0.1) is 0 Å². The van der Waals surface area contributed by atoms with Gasteiger partial charge >= 0.3 is 0 Å². The van der Waals surface area contributed by atoms with E-state index >= 15 is 0 Å². The molecule has 110 valence electrons. The Bertz CT molecular complexity index is 472. The molecule has 0 spiro atoms. The molecule has 1 amide bonds. The molecule has 0 saturated heterocycles. The molecule has 1 aromatic rings. The van der Waals surface area contributed by atoms with Gasteiger partial charge in [-0.05, 0) is 48.4 Å². The maximum atomic E-state index is 11.6. The van der Waals surface area contributed by atoms with Crippen molar-refractivity contribution >= 4 is 5.91 Å². The number of amides is 1. The Morgan fingerprint density at radius 3 is 3.05 bits per heavy atom. The van der Waals surface area contributed by atoms with Crippen molar-refractivity contribution in [1.82, 2.24) is 5.32 Å². The first kappa shape index (κ1) is 14.9. The van der Waals surface area contributed by atoms with Gasteiger partial charge in [0.1, 0.15) is 5.75 Å². The summed E-state index contributed by atoms with van der Waals surface area (Å²) in [5, 5.41) is 2.86. The maximum absolute atomic E-state index is 11.6. The summed E-state index contributed by atoms with van der Waals surface area (Å²) in [5.74, 6) is 1.27. The molecule has 0 fully saturated rings. The number of hydrogen-bond acceptors (Lipinski definition) is 3. The van der Waals surface area contributed by atoms with Crippen LogP contribution >= 0.6 is 0 Å². The van der Waals surface area contributed by atoms with Crippen molar-refractivity contribution in [2.45, 2.75) is 39.2 Å². The minimum atomic E-state index is -0.0668. The van der Waals surface area contributed by atoms with Gasteiger partial charge in [-0.15, -0.1) is 0 Å². The maximum Gasteiger partial charge on any atom is 0.257 e. The SMILES string of the molecule is CC(C)CCNC(=O)COc1ccc2c(c1)CCC2N. The Morgan fingerprint density at radius 2 is 2.30 bits per heavy atom. The van der Waals surface area contributed by atoms with Gasteiger partial charge in [-0.1, -0.05) is 19.9 Å². The number of ether oxygens (including phenoxy) is 1. The van der Waals surface area contributed by atoms with E-state index in [1.54, 1.807) is 0 Å². The molecule has 1 aromatic carbocycles. The fraction of sp³-hybridized carbons (Fsp3) is 0.562. The zero-order valence-electron chi connectivity index (χ0n) is 12.3. The second-order valence-electron chi connectivity index (χ2n) is 5.83. The lowest BCUT2D eigenvalue weighted by atomic mass is 10.1. The lowest BCUT2D eigenvalue weighted by Gasteiger charge is -2.10. The molecule has 0 saturated carbocycles. The molecule has 0 aromatic heterocycles. The van der Waals surface area contributed by atoms with Gasteiger partial charge in [-0.3, -0.25) is 4.79 Å². The largest absolute Gasteiger partial charge is 0.484 e. The van der Waals surface area contributed by atoms with Crippen LogP contribution < -0.4 is 15.8 Å². The first-order valence-corrected chi connectivity index (χ1v) is 7.34. The van der Waals surface area contributed by atoms with Crippen molar-refractivity contribution in [3.05, 3.63) is 29.3 Å². The van der Waals surface area contributed by atoms with E-state index in [9.17, 15) is 4.79 Å². The van der Waals surface area contributed by atoms with Crippen molar-refractivity contribution in [3.63, 3.8) is 0 Å². The summed E-state index contributed by atoms with van der Waals surface area (Å²) in [5.41, 5.74) is 8.45. The fourth-order valence-electron chi connectivity index (χ4n) is 2.42. The summed E-state index contributed by atoms with van der Waals surface area (Å²) in [6, 6.07) is 6.06. The second-order valence-corrected chi connectivity index (χ2v) is 5.83. The smallest absolute Gasteiger partial charge is 0.257 e. The Morgan fingerprint density at radius 1 is 1.50 bits per heavy atom. The van der Waals surface area contributed by atoms with Crippen LogP contribution in [0.5, 0.6) is 5.75 Å². The molecule has 1 atom stereocenters. The van der Waals surface area contributed by atoms with E-state index in [0.717, 1.165) is 25.0 Å². The predicted octanol–water partition coefficient (Wildman–Crippen LogP) is 2.17. The topological polar surface area (TPSA) is 64.3 Å². The van der Waals surface area contributed by atoms with Crippen LogP contribution in [0.25, 0.3) is 0 Å². The Balaban J connectivity index is 1.78. The normalized spacial score (nSPS) is 17.1. The van der Waals surface area contributed by atoms with Gasteiger partial charge in [0.25, 0.3) is 5.91 Å². The molecule has 0 heterocycles. The van der Waals surface area contributed by atoms with E-state index in [-0.39, 0.29) is 18.6 Å². The molecule has 0 aliphatic heterocycles. The van der Waals surface area contributed by atoms with Gasteiger partial charge in [0.15, 0.2) is 6.61 Å². The summed E-state index contributed by atoms with van der Waals surface area (Å²) in [6.45, 7) is 5.05. The zero-order chi connectivity index (χ0) is 14.5. The molecule has 4 nitrogen and oxygen atoms in total. The third kappa shape index (κ3) is 3.97. The van der Waals surface area contributed by atoms with E-state index in [1.165, 1.54) is 11.1 Å². The molecular weight excluding hydrogens is 252 g/mol. The molecule has 4 heteroatoms. The summed E-state index contributed by atoms with van der Waals surface area (Å²) in [6.07, 6.45) is 2.98. The number of hydrogen-bond donors (Lipinski definition) is 2. The number of benzene rings is 1. The summed E-state index contributed by atoms with van der Waals surface area (Å²) in [7, 11) is 0. The van der Waals surface area contributed by atoms with Crippen molar-refractivity contribution in [2.24, 2.45) is 11.7 Å². The van der Waals surface area contributed by atoms with Gasteiger partial charge in [-0.25, -0.2) is 0 Å². The minimum absolute atomic E-state index is 0.0668. The van der Waals surface area contributed by atoms with Crippen molar-refractivity contribution in [1.29, 1.82) is 0 Å². The highest BCUT2D eigenvalue weighted by Crippen LogP contribution is 2.31. The van der Waals surface area contributed by atoms with Crippen LogP contribution in [-0.4, -0.2) is 19.1 Å². The number of aryl methyl sites for hydroxylation is 1. The highest BCUT2D eigenvalue weighted by molar-refractivity contribution is 5.77. The van der Waals surface area contributed by atoms with E-state index in [2.05, 4.69) is 19.2 Å². The predicted molar refractivity (Wildman–Crippen MR) is 79.7 cm³/mol. The monoisotopic (exact) mass is 276 g/mol. The number of carbonyl (C=O) groups excluding carboxylic acids is 1. The Labute approximate surface area is 120 Å². The van der Waals surface area contributed by atoms with Crippen LogP contribution in [0.15, 0.2) is 18.2 Å². The third-order valence-corrected chi connectivity index (χ3v) is 3.65. The number of rotatable bonds is 6. The Kier molecular flexibility index (Phi) is 5.01. The van der Waals surface area contributed by atoms with E-state index in [1.807, 2.05) is 18.2 Å². The lowest BCUT2D eigenvalue weighted by Crippen LogP contribution is -2.30. The number of nitrogens with two attached hydrogens (primary N) is 1. The van der Waals surface area contributed by atoms with Crippen LogP contribution in [-0.2, 0) is 11.2 Å². The molecule has 1 aliphatic carbocycles. The van der Waals surface area contributed by atoms with E-state index in [0.29, 0.717) is 12.5 Å². The molecular formula is C16H24N2O2. The highest BCUT2D eigenvalue weighted by Gasteiger charge is 2.19. The molecule has 0 radical (unpaired) electrons. The van der Waals surface area contributed by atoms with Crippen molar-refractivity contribution in [3.8, 4) is 5.75 Å². The first-order valence-electron chi connectivity index (χ1n) is 7.34. The van der Waals surface area contributed by atoms with Crippen LogP contribution in [0, 0.1) is 5.92 Å². The number of fused-ring (bicyclic) bond motifs is 1. The van der Waals surface area contributed by atoms with Crippen LogP contribution in [0.3, 0.4) is 0 Å². The zero-order valence-corrected chi connectivity index (χ0v) is 12.3. The van der Waals surface area contributed by atoms with Crippen molar-refractivity contribution < 1.29 is 9.53 Å². The average Bonchev–Trinajstić information content (AvgIpc) is 2.77. The quantitative estimate of drug-likeness (QED) is 0.837. The highest BCUT2D eigenvalue weighted by atomic mass is 16.5. The summed E-state index contributed by atoms with van der Waals surface area (Å²) < 4.78 is 5.53. The second kappa shape index (κ2) is 6.75. The molecule has 20 heavy (non-hydrogen) atoms. The first-order chi connectivity index (χ1) is 9.56. The molecule has 3 N–H and O–H groups in total. The third-order valence-electron chi connectivity index (χ3n) is 3.65. The molecule has 2 rings (SSSR count). The molecule has 1 unspecified atom stereocenters. The standard InChI is InChI=1S/C16H24N2O2/c1-11(2)7-8-18-16(19)10-20-13-4-5-14-12(9-13)3-6-15(14)17/h4-5,9,11,15H,3,6-8,10,17H2,1-2H3,(H,18,19). The van der Waals surface area contributed by atoms with Gasteiger partial charge < -0.3 is 15.8 Å². The number of nitrogens with one attached hydrogen (secondary N) is 1. The van der Waals surface area contributed by atoms with Crippen LogP contribution in [0.1, 0.15) is 43.9 Å². The lowest BCUT2D eigenvalue weighted by molar-refractivity contribution is -0.123. The van der Waals surface area contributed by atoms with E-state index in [4.69, 9.17) is 10.5 Å². The van der Waals surface area contributed by atoms with Crippen LogP contribution in [0.2, 0.25) is 0 Å². The Hall–Kier alpha value is -1.55. The van der Waals surface area contributed by atoms with Gasteiger partial charge in [0.2, 0.25) is 0 Å². The van der Waals surface area contributed by atoms with Gasteiger partial charge in [0, 0.05) is 12.6 Å². The van der Waals surface area contributed by atoms with Crippen molar-refractivity contribution in [2.75, 3.05) is 13.2 Å². The molecule has 0 bridgehead atoms. The van der Waals surface area contributed by atoms with Crippen LogP contribution in [0.4, 0.5) is 0 Å². The minimum Gasteiger partial charge on any atom is -0.484 e. The van der Waals surface area contributed by atoms with E-state index < -0.39 is 0 Å². The molecule has 1 aliphatic rings. The fourth-order valence-corrected chi connectivity index (χ4v) is 2.42. The number of carbonyl (C=O) groups is 1. The summed E-state index contributed by atoms with van der Waals surface area (Å²) in [4.78, 5) is 11.6.